The summed E-state index contributed by atoms with van der Waals surface area (Å²) < 4.78 is 51.8. The van der Waals surface area contributed by atoms with Crippen LogP contribution in [0, 0.1) is 0 Å². The highest BCUT2D eigenvalue weighted by atomic mass is 16.3. The van der Waals surface area contributed by atoms with Gasteiger partial charge in [-0.3, -0.25) is 0 Å². The smallest absolute Gasteiger partial charge is 0.167 e. The lowest BCUT2D eigenvalue weighted by atomic mass is 10.0. The number of aromatic nitrogens is 4. The molecule has 0 fully saturated rings. The van der Waals surface area contributed by atoms with Crippen LogP contribution in [0.1, 0.15) is 6.85 Å². The topological polar surface area (TPSA) is 56.7 Å². The normalized spacial score (nSPS) is 13.0. The van der Waals surface area contributed by atoms with Crippen molar-refractivity contribution in [3.05, 3.63) is 170 Å². The summed E-state index contributed by atoms with van der Waals surface area (Å²) in [6.07, 6.45) is 0. The summed E-state index contributed by atoms with van der Waals surface area (Å²) in [6, 6.07) is 44.0. The highest BCUT2D eigenvalue weighted by Crippen LogP contribution is 2.42. The molecule has 0 saturated heterocycles. The highest BCUT2D eigenvalue weighted by molar-refractivity contribution is 6.15. The van der Waals surface area contributed by atoms with E-state index in [1.165, 1.54) is 0 Å². The number of hydrogen-bond donors (Lipinski definition) is 0. The van der Waals surface area contributed by atoms with Crippen molar-refractivity contribution in [1.82, 2.24) is 19.5 Å². The van der Waals surface area contributed by atoms with E-state index in [9.17, 15) is 0 Å². The zero-order chi connectivity index (χ0) is 37.4. The Morgan fingerprint density at radius 1 is 0.440 bits per heavy atom. The van der Waals surface area contributed by atoms with E-state index in [1.54, 1.807) is 0 Å². The van der Waals surface area contributed by atoms with Gasteiger partial charge in [-0.2, -0.15) is 0 Å². The molecule has 10 aromatic rings. The Balaban J connectivity index is 1.34. The minimum atomic E-state index is -0.492. The van der Waals surface area contributed by atoms with Crippen LogP contribution in [0.4, 0.5) is 0 Å². The van der Waals surface area contributed by atoms with Gasteiger partial charge in [0.1, 0.15) is 11.2 Å². The molecule has 10 rings (SSSR count). The molecule has 3 heterocycles. The summed E-state index contributed by atoms with van der Waals surface area (Å²) in [5.41, 5.74) is 7.18. The summed E-state index contributed by atoms with van der Waals surface area (Å²) >= 11 is 0. The Bertz CT molecular complexity index is 3080. The van der Waals surface area contributed by atoms with Crippen LogP contribution in [0.25, 0.3) is 94.7 Å². The predicted octanol–water partition coefficient (Wildman–Crippen LogP) is 11.5. The standard InChI is InChI=1S/C45H28N4O/c1-4-15-29(16-5-1)33-23-14-24-36-37-27-32(49-39-25-12-10-21-34(39)35-22-11-13-26-40(35)49)28-38(42(37)50-41(33)36)45-47-43(30-17-6-2-7-18-30)46-44(48-45)31-19-8-3-9-20-31/h1-28H/i2D,6D,7D,17D,18D. The van der Waals surface area contributed by atoms with E-state index >= 15 is 0 Å². The number of fused-ring (bicyclic) bond motifs is 6. The van der Waals surface area contributed by atoms with Crippen molar-refractivity contribution in [3.63, 3.8) is 0 Å². The van der Waals surface area contributed by atoms with Crippen LogP contribution in [0.15, 0.2) is 174 Å². The average molecular weight is 646 g/mol. The van der Waals surface area contributed by atoms with Crippen molar-refractivity contribution in [3.8, 4) is 51.0 Å². The maximum atomic E-state index is 8.82. The number of furan rings is 1. The maximum Gasteiger partial charge on any atom is 0.167 e. The molecule has 5 nitrogen and oxygen atoms in total. The molecule has 0 radical (unpaired) electrons. The van der Waals surface area contributed by atoms with Crippen LogP contribution < -0.4 is 0 Å². The molecular weight excluding hydrogens is 613 g/mol. The van der Waals surface area contributed by atoms with E-state index in [1.807, 2.05) is 97.1 Å². The number of rotatable bonds is 5. The summed E-state index contributed by atoms with van der Waals surface area (Å²) in [5.74, 6) is 0.463. The summed E-state index contributed by atoms with van der Waals surface area (Å²) in [6.45, 7) is 0. The van der Waals surface area contributed by atoms with Gasteiger partial charge in [-0.05, 0) is 29.8 Å². The fourth-order valence-electron chi connectivity index (χ4n) is 6.91. The summed E-state index contributed by atoms with van der Waals surface area (Å²) in [4.78, 5) is 14.7. The van der Waals surface area contributed by atoms with E-state index in [2.05, 4.69) is 47.0 Å². The van der Waals surface area contributed by atoms with Crippen molar-refractivity contribution in [2.45, 2.75) is 0 Å². The summed E-state index contributed by atoms with van der Waals surface area (Å²) in [7, 11) is 0. The average Bonchev–Trinajstić information content (AvgIpc) is 3.78. The first kappa shape index (κ1) is 23.5. The summed E-state index contributed by atoms with van der Waals surface area (Å²) in [5, 5.41) is 3.97. The van der Waals surface area contributed by atoms with Gasteiger partial charge in [0.25, 0.3) is 0 Å². The third-order valence-electron chi connectivity index (χ3n) is 9.14. The van der Waals surface area contributed by atoms with Crippen molar-refractivity contribution < 1.29 is 11.3 Å². The molecule has 0 aliphatic heterocycles. The van der Waals surface area contributed by atoms with E-state index < -0.39 is 30.2 Å². The number of nitrogens with zero attached hydrogens (tertiary/aromatic N) is 4. The molecule has 0 aliphatic rings. The van der Waals surface area contributed by atoms with E-state index in [0.717, 1.165) is 49.4 Å². The van der Waals surface area contributed by atoms with Gasteiger partial charge in [0, 0.05) is 43.9 Å². The molecule has 5 heteroatoms. The monoisotopic (exact) mass is 645 g/mol. The molecule has 0 atom stereocenters. The minimum Gasteiger partial charge on any atom is -0.455 e. The zero-order valence-corrected chi connectivity index (χ0v) is 26.5. The fourth-order valence-corrected chi connectivity index (χ4v) is 6.91. The van der Waals surface area contributed by atoms with Crippen molar-refractivity contribution in [1.29, 1.82) is 0 Å². The van der Waals surface area contributed by atoms with Gasteiger partial charge in [0.15, 0.2) is 17.5 Å². The molecule has 234 valence electrons. The molecule has 3 aromatic heterocycles. The molecule has 0 bridgehead atoms. The van der Waals surface area contributed by atoms with Gasteiger partial charge >= 0.3 is 0 Å². The van der Waals surface area contributed by atoms with Gasteiger partial charge < -0.3 is 8.98 Å². The molecule has 50 heavy (non-hydrogen) atoms. The lowest BCUT2D eigenvalue weighted by molar-refractivity contribution is 0.670. The lowest BCUT2D eigenvalue weighted by Gasteiger charge is -2.12. The quantitative estimate of drug-likeness (QED) is 0.187. The van der Waals surface area contributed by atoms with Gasteiger partial charge in [-0.25, -0.2) is 15.0 Å². The Labute approximate surface area is 294 Å². The Morgan fingerprint density at radius 3 is 1.70 bits per heavy atom. The molecule has 0 aliphatic carbocycles. The third-order valence-corrected chi connectivity index (χ3v) is 9.14. The van der Waals surface area contributed by atoms with Gasteiger partial charge in [-0.15, -0.1) is 0 Å². The first-order valence-electron chi connectivity index (χ1n) is 18.8. The number of para-hydroxylation sites is 3. The first-order valence-corrected chi connectivity index (χ1v) is 16.3. The van der Waals surface area contributed by atoms with Crippen LogP contribution in [0.3, 0.4) is 0 Å². The van der Waals surface area contributed by atoms with E-state index in [-0.39, 0.29) is 23.0 Å². The van der Waals surface area contributed by atoms with Crippen molar-refractivity contribution >= 4 is 43.7 Å². The molecular formula is C45H28N4O. The van der Waals surface area contributed by atoms with Crippen LogP contribution in [0.5, 0.6) is 0 Å². The molecule has 7 aromatic carbocycles. The molecule has 0 spiro atoms. The largest absolute Gasteiger partial charge is 0.455 e. The Hall–Kier alpha value is -6.85. The fraction of sp³-hybridized carbons (Fsp3) is 0. The third kappa shape index (κ3) is 4.52. The van der Waals surface area contributed by atoms with Crippen LogP contribution in [-0.2, 0) is 0 Å². The Kier molecular flexibility index (Phi) is 5.35. The van der Waals surface area contributed by atoms with Crippen molar-refractivity contribution in [2.75, 3.05) is 0 Å². The first-order chi connectivity index (χ1) is 26.9. The molecule has 0 amide bonds. The second kappa shape index (κ2) is 11.4. The minimum absolute atomic E-state index is 0.0441. The van der Waals surface area contributed by atoms with E-state index in [0.29, 0.717) is 22.3 Å². The second-order valence-electron chi connectivity index (χ2n) is 12.1. The Morgan fingerprint density at radius 2 is 1.00 bits per heavy atom. The van der Waals surface area contributed by atoms with Crippen LogP contribution >= 0.6 is 0 Å². The van der Waals surface area contributed by atoms with Gasteiger partial charge in [0.05, 0.1) is 23.5 Å². The number of hydrogen-bond acceptors (Lipinski definition) is 4. The van der Waals surface area contributed by atoms with Gasteiger partial charge in [-0.1, -0.05) is 145 Å². The molecule has 0 N–H and O–H groups in total. The van der Waals surface area contributed by atoms with Crippen molar-refractivity contribution in [2.24, 2.45) is 0 Å². The second-order valence-corrected chi connectivity index (χ2v) is 12.1. The maximum absolute atomic E-state index is 8.82. The van der Waals surface area contributed by atoms with Gasteiger partial charge in [0.2, 0.25) is 0 Å². The number of benzene rings is 7. The SMILES string of the molecule is [2H]c1c([2H])c([2H])c(-c2nc(-c3ccccc3)nc(-c3cc(-n4c5ccccc5c5ccccc54)cc4c3oc3c(-c5ccccc5)cccc34)n2)c([2H])c1[2H]. The molecule has 0 saturated carbocycles. The highest BCUT2D eigenvalue weighted by Gasteiger charge is 2.22. The predicted molar refractivity (Wildman–Crippen MR) is 203 cm³/mol. The van der Waals surface area contributed by atoms with E-state index in [4.69, 9.17) is 26.2 Å². The zero-order valence-electron chi connectivity index (χ0n) is 31.5. The van der Waals surface area contributed by atoms with Crippen LogP contribution in [-0.4, -0.2) is 19.5 Å². The molecule has 0 unspecified atom stereocenters. The lowest BCUT2D eigenvalue weighted by Crippen LogP contribution is -2.01. The van der Waals surface area contributed by atoms with Crippen LogP contribution in [0.2, 0.25) is 0 Å².